The van der Waals surface area contributed by atoms with Gasteiger partial charge in [0.15, 0.2) is 11.6 Å². The first kappa shape index (κ1) is 16.0. The molecule has 1 N–H and O–H groups in total. The predicted molar refractivity (Wildman–Crippen MR) is 92.2 cm³/mol. The molecule has 0 aromatic heterocycles. The first-order valence-electron chi connectivity index (χ1n) is 9.11. The largest absolute Gasteiger partial charge is 0.392 e. The van der Waals surface area contributed by atoms with Crippen molar-refractivity contribution in [2.75, 3.05) is 0 Å². The first-order chi connectivity index (χ1) is 11.3. The van der Waals surface area contributed by atoms with Gasteiger partial charge in [0.2, 0.25) is 0 Å². The second-order valence-corrected chi connectivity index (χ2v) is 8.58. The van der Waals surface area contributed by atoms with E-state index in [1.165, 1.54) is 0 Å². The van der Waals surface area contributed by atoms with Crippen LogP contribution >= 0.6 is 0 Å². The predicted octanol–water partition coefficient (Wildman–Crippen LogP) is 3.39. The molecule has 1 saturated carbocycles. The maximum Gasteiger partial charge on any atom is 0.156 e. The Morgan fingerprint density at radius 3 is 2.75 bits per heavy atom. The molecule has 3 heteroatoms. The van der Waals surface area contributed by atoms with Gasteiger partial charge in [0.1, 0.15) is 0 Å². The second-order valence-electron chi connectivity index (χ2n) is 8.58. The van der Waals surface area contributed by atoms with E-state index in [9.17, 15) is 14.7 Å². The van der Waals surface area contributed by atoms with Gasteiger partial charge in [0.05, 0.1) is 6.10 Å². The molecule has 1 fully saturated rings. The quantitative estimate of drug-likeness (QED) is 0.803. The van der Waals surface area contributed by atoms with Gasteiger partial charge >= 0.3 is 0 Å². The first-order valence-corrected chi connectivity index (χ1v) is 9.11. The van der Waals surface area contributed by atoms with E-state index in [1.54, 1.807) is 6.92 Å². The molecule has 6 atom stereocenters. The zero-order chi connectivity index (χ0) is 17.3. The molecule has 0 radical (unpaired) electrons. The highest BCUT2D eigenvalue weighted by Gasteiger charge is 2.60. The second kappa shape index (κ2) is 5.01. The molecule has 0 aliphatic heterocycles. The summed E-state index contributed by atoms with van der Waals surface area (Å²) >= 11 is 0. The van der Waals surface area contributed by atoms with Crippen LogP contribution in [0.4, 0.5) is 0 Å². The molecule has 24 heavy (non-hydrogen) atoms. The van der Waals surface area contributed by atoms with E-state index in [-0.39, 0.29) is 22.9 Å². The van der Waals surface area contributed by atoms with Gasteiger partial charge in [0, 0.05) is 11.8 Å². The van der Waals surface area contributed by atoms with Crippen LogP contribution in [0.5, 0.6) is 0 Å². The van der Waals surface area contributed by atoms with Crippen molar-refractivity contribution >= 4 is 11.6 Å². The van der Waals surface area contributed by atoms with E-state index < -0.39 is 11.5 Å². The Morgan fingerprint density at radius 1 is 1.29 bits per heavy atom. The number of hydrogen-bond acceptors (Lipinski definition) is 3. The molecule has 4 aliphatic rings. The van der Waals surface area contributed by atoms with Crippen LogP contribution in [0.2, 0.25) is 0 Å². The Labute approximate surface area is 143 Å². The van der Waals surface area contributed by atoms with Gasteiger partial charge in [-0.3, -0.25) is 9.59 Å². The summed E-state index contributed by atoms with van der Waals surface area (Å²) in [7, 11) is 0. The average Bonchev–Trinajstić information content (AvgIpc) is 2.88. The van der Waals surface area contributed by atoms with Gasteiger partial charge in [0.25, 0.3) is 0 Å². The summed E-state index contributed by atoms with van der Waals surface area (Å²) in [6.45, 7) is 5.95. The minimum atomic E-state index is -0.497. The van der Waals surface area contributed by atoms with Crippen LogP contribution in [0, 0.1) is 28.6 Å². The fraction of sp³-hybridized carbons (Fsp3) is 0.619. The number of aliphatic hydroxyl groups excluding tert-OH is 1. The van der Waals surface area contributed by atoms with E-state index >= 15 is 0 Å². The Morgan fingerprint density at radius 2 is 2.04 bits per heavy atom. The molecule has 0 bridgehead atoms. The third-order valence-electron chi connectivity index (χ3n) is 7.59. The number of Topliss-reactive ketones (excluding diaryl/α,β-unsaturated/α-hetero) is 1. The molecule has 4 aliphatic carbocycles. The molecule has 0 aromatic rings. The maximum absolute atomic E-state index is 12.1. The van der Waals surface area contributed by atoms with Crippen LogP contribution in [0.3, 0.4) is 0 Å². The summed E-state index contributed by atoms with van der Waals surface area (Å²) < 4.78 is 0. The lowest BCUT2D eigenvalue weighted by atomic mass is 9.48. The number of carbonyl (C=O) groups is 2. The minimum absolute atomic E-state index is 0.0331. The highest BCUT2D eigenvalue weighted by Crippen LogP contribution is 2.63. The summed E-state index contributed by atoms with van der Waals surface area (Å²) in [5.74, 6) is 1.29. The van der Waals surface area contributed by atoms with Crippen LogP contribution in [0.25, 0.3) is 0 Å². The maximum atomic E-state index is 12.1. The Hall–Kier alpha value is -1.48. The van der Waals surface area contributed by atoms with Gasteiger partial charge in [-0.25, -0.2) is 0 Å². The Balaban J connectivity index is 1.78. The molecular formula is C21H26O3. The summed E-state index contributed by atoms with van der Waals surface area (Å²) in [5.41, 5.74) is 1.49. The van der Waals surface area contributed by atoms with Crippen LogP contribution in [0.1, 0.15) is 46.5 Å². The van der Waals surface area contributed by atoms with Gasteiger partial charge in [-0.2, -0.15) is 0 Å². The fourth-order valence-electron chi connectivity index (χ4n) is 6.08. The number of ketones is 2. The summed E-state index contributed by atoms with van der Waals surface area (Å²) in [5, 5.41) is 11.1. The van der Waals surface area contributed by atoms with Crippen LogP contribution in [0.15, 0.2) is 35.5 Å². The summed E-state index contributed by atoms with van der Waals surface area (Å²) in [6, 6.07) is 0. The molecule has 3 nitrogen and oxygen atoms in total. The SMILES string of the molecule is CC(=O)C1=CC[C@H]2[C@@H]3C=CC4=CC(=O)CC[C@]4(C)[C@H]3CC(O)[C@]12C. The van der Waals surface area contributed by atoms with Crippen LogP contribution < -0.4 is 0 Å². The third kappa shape index (κ3) is 1.88. The molecular weight excluding hydrogens is 300 g/mol. The van der Waals surface area contributed by atoms with Crippen molar-refractivity contribution in [3.05, 3.63) is 35.5 Å². The monoisotopic (exact) mass is 326 g/mol. The molecule has 128 valence electrons. The van der Waals surface area contributed by atoms with Crippen molar-refractivity contribution in [1.29, 1.82) is 0 Å². The van der Waals surface area contributed by atoms with Gasteiger partial charge in [-0.1, -0.05) is 32.1 Å². The van der Waals surface area contributed by atoms with E-state index in [0.717, 1.165) is 24.0 Å². The smallest absolute Gasteiger partial charge is 0.156 e. The van der Waals surface area contributed by atoms with E-state index in [1.807, 2.05) is 6.08 Å². The molecule has 0 aromatic carbocycles. The number of aliphatic hydroxyl groups is 1. The summed E-state index contributed by atoms with van der Waals surface area (Å²) in [6.07, 6.45) is 10.8. The Kier molecular flexibility index (Phi) is 3.34. The van der Waals surface area contributed by atoms with Crippen LogP contribution in [-0.2, 0) is 9.59 Å². The number of rotatable bonds is 1. The third-order valence-corrected chi connectivity index (χ3v) is 7.59. The number of hydrogen-bond donors (Lipinski definition) is 1. The normalized spacial score (nSPS) is 46.6. The molecule has 0 spiro atoms. The van der Waals surface area contributed by atoms with Crippen molar-refractivity contribution in [1.82, 2.24) is 0 Å². The van der Waals surface area contributed by atoms with Gasteiger partial charge in [-0.15, -0.1) is 0 Å². The lowest BCUT2D eigenvalue weighted by Gasteiger charge is -2.57. The van der Waals surface area contributed by atoms with Crippen molar-refractivity contribution < 1.29 is 14.7 Å². The van der Waals surface area contributed by atoms with Crippen molar-refractivity contribution in [3.63, 3.8) is 0 Å². The average molecular weight is 326 g/mol. The number of fused-ring (bicyclic) bond motifs is 5. The Bertz CT molecular complexity index is 713. The van der Waals surface area contributed by atoms with Crippen molar-refractivity contribution in [3.8, 4) is 0 Å². The van der Waals surface area contributed by atoms with Crippen molar-refractivity contribution in [2.24, 2.45) is 28.6 Å². The van der Waals surface area contributed by atoms with Crippen molar-refractivity contribution in [2.45, 2.75) is 52.6 Å². The summed E-state index contributed by atoms with van der Waals surface area (Å²) in [4.78, 5) is 23.9. The lowest BCUT2D eigenvalue weighted by molar-refractivity contribution is -0.122. The number of carbonyl (C=O) groups excluding carboxylic acids is 2. The topological polar surface area (TPSA) is 54.4 Å². The zero-order valence-electron chi connectivity index (χ0n) is 14.7. The zero-order valence-corrected chi connectivity index (χ0v) is 14.7. The molecule has 0 heterocycles. The molecule has 0 amide bonds. The van der Waals surface area contributed by atoms with Gasteiger partial charge < -0.3 is 5.11 Å². The van der Waals surface area contributed by atoms with E-state index in [0.29, 0.717) is 24.7 Å². The molecule has 1 unspecified atom stereocenters. The molecule has 4 rings (SSSR count). The van der Waals surface area contributed by atoms with Crippen LogP contribution in [-0.4, -0.2) is 22.8 Å². The highest BCUT2D eigenvalue weighted by atomic mass is 16.3. The van der Waals surface area contributed by atoms with Gasteiger partial charge in [-0.05, 0) is 66.6 Å². The fourth-order valence-corrected chi connectivity index (χ4v) is 6.08. The van der Waals surface area contributed by atoms with E-state index in [2.05, 4.69) is 32.1 Å². The number of allylic oxidation sites excluding steroid dienone is 5. The lowest BCUT2D eigenvalue weighted by Crippen LogP contribution is -2.54. The molecule has 0 saturated heterocycles. The highest BCUT2D eigenvalue weighted by molar-refractivity contribution is 5.95. The van der Waals surface area contributed by atoms with E-state index in [4.69, 9.17) is 0 Å². The standard InChI is InChI=1S/C21H26O3/c1-12(22)16-6-7-17-15-5-4-13-10-14(23)8-9-20(13,2)18(15)11-19(24)21(16,17)3/h4-6,10,15,17-19,24H,7-9,11H2,1-3H3/t15-,17-,18-,19?,20-,21+/m0/s1. The minimum Gasteiger partial charge on any atom is -0.392 e.